The topological polar surface area (TPSA) is 60.0 Å². The summed E-state index contributed by atoms with van der Waals surface area (Å²) >= 11 is 1.66. The van der Waals surface area contributed by atoms with E-state index in [1.165, 1.54) is 4.88 Å². The minimum atomic E-state index is -0.487. The van der Waals surface area contributed by atoms with Crippen LogP contribution in [-0.2, 0) is 20.8 Å². The maximum absolute atomic E-state index is 9.67. The van der Waals surface area contributed by atoms with Gasteiger partial charge in [0, 0.05) is 25.1 Å². The molecule has 19 heavy (non-hydrogen) atoms. The second-order valence-electron chi connectivity index (χ2n) is 4.06. The molecule has 5 nitrogen and oxygen atoms in total. The normalized spacial score (nSPS) is 12.7. The predicted molar refractivity (Wildman–Crippen MR) is 75.5 cm³/mol. The highest BCUT2D eigenvalue weighted by Gasteiger charge is 2.04. The quantitative estimate of drug-likeness (QED) is 0.559. The second-order valence-corrected chi connectivity index (χ2v) is 5.09. The standard InChI is InChI=1S/C13H23NO4S/c1-16-6-7-17-5-4-14-9-12(15)10-18-11-13-3-2-8-19-13/h2-3,8,12,14-15H,4-7,9-11H2,1H3. The van der Waals surface area contributed by atoms with Crippen LogP contribution in [-0.4, -0.2) is 57.8 Å². The maximum atomic E-state index is 9.67. The van der Waals surface area contributed by atoms with Gasteiger partial charge in [0.25, 0.3) is 0 Å². The van der Waals surface area contributed by atoms with E-state index in [4.69, 9.17) is 14.2 Å². The van der Waals surface area contributed by atoms with Gasteiger partial charge in [-0.2, -0.15) is 0 Å². The second kappa shape index (κ2) is 11.3. The smallest absolute Gasteiger partial charge is 0.0897 e. The molecule has 0 fully saturated rings. The largest absolute Gasteiger partial charge is 0.389 e. The molecule has 0 aliphatic rings. The van der Waals surface area contributed by atoms with Crippen LogP contribution in [0.1, 0.15) is 4.88 Å². The monoisotopic (exact) mass is 289 g/mol. The van der Waals surface area contributed by atoms with E-state index in [1.54, 1.807) is 18.4 Å². The van der Waals surface area contributed by atoms with Crippen LogP contribution >= 0.6 is 11.3 Å². The molecule has 0 saturated heterocycles. The number of aliphatic hydroxyl groups excluding tert-OH is 1. The molecular weight excluding hydrogens is 266 g/mol. The van der Waals surface area contributed by atoms with Gasteiger partial charge in [-0.05, 0) is 11.4 Å². The van der Waals surface area contributed by atoms with Crippen molar-refractivity contribution < 1.29 is 19.3 Å². The highest BCUT2D eigenvalue weighted by molar-refractivity contribution is 7.09. The lowest BCUT2D eigenvalue weighted by atomic mass is 10.4. The van der Waals surface area contributed by atoms with E-state index in [2.05, 4.69) is 5.32 Å². The first-order valence-corrected chi connectivity index (χ1v) is 7.26. The minimum Gasteiger partial charge on any atom is -0.389 e. The van der Waals surface area contributed by atoms with Crippen LogP contribution in [0.3, 0.4) is 0 Å². The Bertz CT molecular complexity index is 295. The first kappa shape index (κ1) is 16.6. The number of nitrogens with one attached hydrogen (secondary N) is 1. The van der Waals surface area contributed by atoms with Crippen LogP contribution in [0.4, 0.5) is 0 Å². The van der Waals surface area contributed by atoms with Crippen molar-refractivity contribution in [3.05, 3.63) is 22.4 Å². The third-order valence-corrected chi connectivity index (χ3v) is 3.22. The van der Waals surface area contributed by atoms with Crippen molar-refractivity contribution in [2.75, 3.05) is 46.6 Å². The van der Waals surface area contributed by atoms with E-state index < -0.39 is 6.10 Å². The van der Waals surface area contributed by atoms with Gasteiger partial charge in [0.05, 0.1) is 39.1 Å². The van der Waals surface area contributed by atoms with E-state index in [1.807, 2.05) is 17.5 Å². The lowest BCUT2D eigenvalue weighted by Crippen LogP contribution is -2.32. The van der Waals surface area contributed by atoms with E-state index >= 15 is 0 Å². The highest BCUT2D eigenvalue weighted by Crippen LogP contribution is 2.09. The molecule has 1 aromatic rings. The molecule has 0 radical (unpaired) electrons. The Morgan fingerprint density at radius 1 is 1.32 bits per heavy atom. The maximum Gasteiger partial charge on any atom is 0.0897 e. The number of methoxy groups -OCH3 is 1. The van der Waals surface area contributed by atoms with Crippen molar-refractivity contribution >= 4 is 11.3 Å². The molecule has 0 aliphatic heterocycles. The van der Waals surface area contributed by atoms with Crippen LogP contribution in [0, 0.1) is 0 Å². The first-order chi connectivity index (χ1) is 9.33. The Morgan fingerprint density at radius 2 is 2.21 bits per heavy atom. The molecule has 2 N–H and O–H groups in total. The first-order valence-electron chi connectivity index (χ1n) is 6.38. The number of rotatable bonds is 12. The summed E-state index contributed by atoms with van der Waals surface area (Å²) in [6.45, 7) is 3.96. The van der Waals surface area contributed by atoms with Crippen molar-refractivity contribution in [3.63, 3.8) is 0 Å². The summed E-state index contributed by atoms with van der Waals surface area (Å²) in [5.74, 6) is 0. The Kier molecular flexibility index (Phi) is 9.88. The Labute approximate surface area is 118 Å². The van der Waals surface area contributed by atoms with Gasteiger partial charge >= 0.3 is 0 Å². The van der Waals surface area contributed by atoms with Crippen LogP contribution in [0.5, 0.6) is 0 Å². The van der Waals surface area contributed by atoms with Gasteiger partial charge in [-0.3, -0.25) is 0 Å². The molecule has 1 heterocycles. The van der Waals surface area contributed by atoms with E-state index in [9.17, 15) is 5.11 Å². The summed E-state index contributed by atoms with van der Waals surface area (Å²) in [4.78, 5) is 1.17. The van der Waals surface area contributed by atoms with Gasteiger partial charge in [-0.15, -0.1) is 11.3 Å². The van der Waals surface area contributed by atoms with Crippen molar-refractivity contribution in [1.29, 1.82) is 0 Å². The average Bonchev–Trinajstić information content (AvgIpc) is 2.91. The number of ether oxygens (including phenoxy) is 3. The summed E-state index contributed by atoms with van der Waals surface area (Å²) in [7, 11) is 1.65. The molecule has 0 amide bonds. The van der Waals surface area contributed by atoms with Crippen LogP contribution in [0.2, 0.25) is 0 Å². The molecule has 6 heteroatoms. The van der Waals surface area contributed by atoms with Gasteiger partial charge in [-0.1, -0.05) is 6.07 Å². The van der Waals surface area contributed by atoms with Crippen molar-refractivity contribution in [3.8, 4) is 0 Å². The molecule has 1 unspecified atom stereocenters. The fraction of sp³-hybridized carbons (Fsp3) is 0.692. The number of hydrogen-bond donors (Lipinski definition) is 2. The van der Waals surface area contributed by atoms with Gasteiger partial charge in [0.2, 0.25) is 0 Å². The fourth-order valence-electron chi connectivity index (χ4n) is 1.41. The molecule has 0 aromatic carbocycles. The predicted octanol–water partition coefficient (Wildman–Crippen LogP) is 0.878. The summed E-state index contributed by atoms with van der Waals surface area (Å²) in [5.41, 5.74) is 0. The summed E-state index contributed by atoms with van der Waals surface area (Å²) < 4.78 is 15.6. The van der Waals surface area contributed by atoms with Crippen LogP contribution in [0.25, 0.3) is 0 Å². The molecule has 0 spiro atoms. The van der Waals surface area contributed by atoms with E-state index in [0.29, 0.717) is 46.1 Å². The summed E-state index contributed by atoms with van der Waals surface area (Å²) in [6.07, 6.45) is -0.487. The Balaban J connectivity index is 1.86. The minimum absolute atomic E-state index is 0.343. The highest BCUT2D eigenvalue weighted by atomic mass is 32.1. The molecule has 110 valence electrons. The number of hydrogen-bond acceptors (Lipinski definition) is 6. The van der Waals surface area contributed by atoms with Gasteiger partial charge in [-0.25, -0.2) is 0 Å². The molecule has 0 saturated carbocycles. The van der Waals surface area contributed by atoms with Gasteiger partial charge in [0.15, 0.2) is 0 Å². The van der Waals surface area contributed by atoms with Crippen molar-refractivity contribution in [2.45, 2.75) is 12.7 Å². The number of aliphatic hydroxyl groups is 1. The lowest BCUT2D eigenvalue weighted by Gasteiger charge is -2.12. The molecule has 1 rings (SSSR count). The molecule has 1 aromatic heterocycles. The van der Waals surface area contributed by atoms with Crippen molar-refractivity contribution in [1.82, 2.24) is 5.32 Å². The summed E-state index contributed by atoms with van der Waals surface area (Å²) in [5, 5.41) is 14.8. The lowest BCUT2D eigenvalue weighted by molar-refractivity contribution is 0.0278. The average molecular weight is 289 g/mol. The van der Waals surface area contributed by atoms with Crippen LogP contribution < -0.4 is 5.32 Å². The Hall–Kier alpha value is -0.500. The van der Waals surface area contributed by atoms with Crippen LogP contribution in [0.15, 0.2) is 17.5 Å². The third-order valence-electron chi connectivity index (χ3n) is 2.37. The third kappa shape index (κ3) is 9.10. The van der Waals surface area contributed by atoms with Gasteiger partial charge < -0.3 is 24.6 Å². The van der Waals surface area contributed by atoms with E-state index in [-0.39, 0.29) is 0 Å². The Morgan fingerprint density at radius 3 is 2.95 bits per heavy atom. The molecule has 0 aliphatic carbocycles. The summed E-state index contributed by atoms with van der Waals surface area (Å²) in [6, 6.07) is 4.01. The SMILES string of the molecule is COCCOCCNCC(O)COCc1cccs1. The fourth-order valence-corrected chi connectivity index (χ4v) is 2.05. The molecular formula is C13H23NO4S. The molecule has 1 atom stereocenters. The zero-order valence-electron chi connectivity index (χ0n) is 11.3. The molecule has 0 bridgehead atoms. The zero-order valence-corrected chi connectivity index (χ0v) is 12.2. The number of thiophene rings is 1. The zero-order chi connectivity index (χ0) is 13.8. The van der Waals surface area contributed by atoms with E-state index in [0.717, 1.165) is 0 Å². The van der Waals surface area contributed by atoms with Gasteiger partial charge in [0.1, 0.15) is 0 Å². The van der Waals surface area contributed by atoms with Crippen molar-refractivity contribution in [2.24, 2.45) is 0 Å².